The van der Waals surface area contributed by atoms with Crippen LogP contribution in [0.5, 0.6) is 0 Å². The lowest BCUT2D eigenvalue weighted by Gasteiger charge is -2.08. The van der Waals surface area contributed by atoms with Gasteiger partial charge in [-0.3, -0.25) is 9.36 Å². The van der Waals surface area contributed by atoms with E-state index in [0.29, 0.717) is 11.3 Å². The van der Waals surface area contributed by atoms with Gasteiger partial charge in [0.25, 0.3) is 0 Å². The lowest BCUT2D eigenvalue weighted by molar-refractivity contribution is -0.118. The highest BCUT2D eigenvalue weighted by Crippen LogP contribution is 2.21. The third-order valence-electron chi connectivity index (χ3n) is 2.92. The largest absolute Gasteiger partial charge is 0.420 e. The maximum absolute atomic E-state index is 11.7. The molecule has 0 atom stereocenters. The third kappa shape index (κ3) is 2.54. The molecular weight excluding hydrogens is 244 g/mol. The number of nitrogens with one attached hydrogen (secondary N) is 1. The highest BCUT2D eigenvalue weighted by Gasteiger charge is 2.13. The molecule has 0 fully saturated rings. The molecule has 1 amide bonds. The summed E-state index contributed by atoms with van der Waals surface area (Å²) in [5.41, 5.74) is 1.86. The molecule has 102 valence electrons. The van der Waals surface area contributed by atoms with Gasteiger partial charge in [0.1, 0.15) is 0 Å². The average Bonchev–Trinajstić information content (AvgIpc) is 2.63. The Kier molecular flexibility index (Phi) is 3.46. The number of carbonyl (C=O) groups excluding carboxylic acids is 1. The third-order valence-corrected chi connectivity index (χ3v) is 2.92. The van der Waals surface area contributed by atoms with Gasteiger partial charge in [-0.1, -0.05) is 13.8 Å². The van der Waals surface area contributed by atoms with E-state index < -0.39 is 0 Å². The Hall–Kier alpha value is -2.04. The van der Waals surface area contributed by atoms with E-state index >= 15 is 0 Å². The predicted molar refractivity (Wildman–Crippen MR) is 74.3 cm³/mol. The van der Waals surface area contributed by atoms with Crippen LogP contribution < -0.4 is 11.1 Å². The van der Waals surface area contributed by atoms with Crippen LogP contribution in [0, 0.1) is 5.92 Å². The van der Waals surface area contributed by atoms with Crippen molar-refractivity contribution < 1.29 is 9.21 Å². The van der Waals surface area contributed by atoms with Crippen molar-refractivity contribution in [2.45, 2.75) is 33.7 Å². The van der Waals surface area contributed by atoms with Crippen LogP contribution >= 0.6 is 0 Å². The van der Waals surface area contributed by atoms with E-state index in [2.05, 4.69) is 5.32 Å². The first-order valence-electron chi connectivity index (χ1n) is 6.36. The normalized spacial score (nSPS) is 11.5. The Morgan fingerprint density at radius 3 is 2.53 bits per heavy atom. The van der Waals surface area contributed by atoms with Crippen LogP contribution in [-0.2, 0) is 4.79 Å². The van der Waals surface area contributed by atoms with E-state index in [1.165, 1.54) is 0 Å². The number of nitrogens with zero attached hydrogens (tertiary/aromatic N) is 1. The van der Waals surface area contributed by atoms with Crippen molar-refractivity contribution in [1.82, 2.24) is 4.57 Å². The van der Waals surface area contributed by atoms with Gasteiger partial charge in [0.15, 0.2) is 5.58 Å². The summed E-state index contributed by atoms with van der Waals surface area (Å²) in [4.78, 5) is 23.4. The summed E-state index contributed by atoms with van der Waals surface area (Å²) in [5, 5.41) is 2.78. The molecule has 5 nitrogen and oxygen atoms in total. The monoisotopic (exact) mass is 262 g/mol. The minimum Gasteiger partial charge on any atom is -0.408 e. The molecular formula is C14H18N2O3. The Bertz CT molecular complexity index is 665. The molecule has 2 rings (SSSR count). The van der Waals surface area contributed by atoms with Crippen molar-refractivity contribution in [2.24, 2.45) is 5.92 Å². The average molecular weight is 262 g/mol. The molecule has 1 aromatic carbocycles. The van der Waals surface area contributed by atoms with Crippen molar-refractivity contribution >= 4 is 22.7 Å². The van der Waals surface area contributed by atoms with E-state index in [4.69, 9.17) is 4.42 Å². The molecule has 0 radical (unpaired) electrons. The molecule has 0 aliphatic rings. The summed E-state index contributed by atoms with van der Waals surface area (Å²) in [6.45, 7) is 7.49. The highest BCUT2D eigenvalue weighted by atomic mass is 16.4. The van der Waals surface area contributed by atoms with Crippen LogP contribution in [0.4, 0.5) is 5.69 Å². The molecule has 1 aromatic heterocycles. The molecule has 1 heterocycles. The number of benzene rings is 1. The van der Waals surface area contributed by atoms with Gasteiger partial charge in [-0.15, -0.1) is 0 Å². The molecule has 0 spiro atoms. The number of oxazole rings is 1. The van der Waals surface area contributed by atoms with E-state index in [1.54, 1.807) is 22.8 Å². The fourth-order valence-corrected chi connectivity index (χ4v) is 1.89. The highest BCUT2D eigenvalue weighted by molar-refractivity contribution is 5.93. The van der Waals surface area contributed by atoms with Gasteiger partial charge >= 0.3 is 5.76 Å². The summed E-state index contributed by atoms with van der Waals surface area (Å²) >= 11 is 0. The maximum Gasteiger partial charge on any atom is 0.420 e. The summed E-state index contributed by atoms with van der Waals surface area (Å²) in [5.74, 6) is -0.537. The molecule has 1 N–H and O–H groups in total. The Balaban J connectivity index is 2.43. The van der Waals surface area contributed by atoms with Gasteiger partial charge in [0, 0.05) is 23.7 Å². The lowest BCUT2D eigenvalue weighted by atomic mass is 10.2. The molecule has 2 aromatic rings. The van der Waals surface area contributed by atoms with Crippen molar-refractivity contribution in [2.75, 3.05) is 5.32 Å². The zero-order valence-electron chi connectivity index (χ0n) is 11.6. The SMILES string of the molecule is CC(C)C(=O)Nc1ccc2c(c1)oc(=O)n2C(C)C. The lowest BCUT2D eigenvalue weighted by Crippen LogP contribution is -2.17. The zero-order chi connectivity index (χ0) is 14.2. The summed E-state index contributed by atoms with van der Waals surface area (Å²) in [6, 6.07) is 5.27. The Morgan fingerprint density at radius 1 is 1.26 bits per heavy atom. The first-order chi connectivity index (χ1) is 8.90. The summed E-state index contributed by atoms with van der Waals surface area (Å²) < 4.78 is 6.79. The van der Waals surface area contributed by atoms with Crippen molar-refractivity contribution in [3.05, 3.63) is 28.7 Å². The smallest absolute Gasteiger partial charge is 0.408 e. The number of anilines is 1. The van der Waals surface area contributed by atoms with Crippen molar-refractivity contribution in [3.8, 4) is 0 Å². The molecule has 0 aliphatic carbocycles. The van der Waals surface area contributed by atoms with E-state index in [9.17, 15) is 9.59 Å². The van der Waals surface area contributed by atoms with E-state index in [0.717, 1.165) is 5.52 Å². The minimum atomic E-state index is -0.377. The quantitative estimate of drug-likeness (QED) is 0.925. The molecule has 19 heavy (non-hydrogen) atoms. The fourth-order valence-electron chi connectivity index (χ4n) is 1.89. The van der Waals surface area contributed by atoms with Crippen LogP contribution in [0.2, 0.25) is 0 Å². The number of rotatable bonds is 3. The number of hydrogen-bond donors (Lipinski definition) is 1. The van der Waals surface area contributed by atoms with Crippen LogP contribution in [0.15, 0.2) is 27.4 Å². The van der Waals surface area contributed by atoms with Crippen LogP contribution in [0.25, 0.3) is 11.1 Å². The first-order valence-corrected chi connectivity index (χ1v) is 6.36. The number of fused-ring (bicyclic) bond motifs is 1. The molecule has 0 saturated carbocycles. The molecule has 0 aliphatic heterocycles. The van der Waals surface area contributed by atoms with Crippen LogP contribution in [0.1, 0.15) is 33.7 Å². The van der Waals surface area contributed by atoms with E-state index in [1.807, 2.05) is 27.7 Å². The van der Waals surface area contributed by atoms with Crippen LogP contribution in [-0.4, -0.2) is 10.5 Å². The number of hydrogen-bond acceptors (Lipinski definition) is 3. The molecule has 0 saturated heterocycles. The second-order valence-corrected chi connectivity index (χ2v) is 5.16. The minimum absolute atomic E-state index is 0.0323. The van der Waals surface area contributed by atoms with E-state index in [-0.39, 0.29) is 23.6 Å². The predicted octanol–water partition coefficient (Wildman–Crippen LogP) is 2.77. The van der Waals surface area contributed by atoms with Crippen LogP contribution in [0.3, 0.4) is 0 Å². The number of carbonyl (C=O) groups is 1. The fraction of sp³-hybridized carbons (Fsp3) is 0.429. The van der Waals surface area contributed by atoms with Gasteiger partial charge in [-0.25, -0.2) is 4.79 Å². The van der Waals surface area contributed by atoms with Gasteiger partial charge < -0.3 is 9.73 Å². The second-order valence-electron chi connectivity index (χ2n) is 5.16. The molecule has 0 unspecified atom stereocenters. The van der Waals surface area contributed by atoms with Crippen molar-refractivity contribution in [1.29, 1.82) is 0 Å². The number of aromatic nitrogens is 1. The first kappa shape index (κ1) is 13.4. The second kappa shape index (κ2) is 4.91. The van der Waals surface area contributed by atoms with Gasteiger partial charge in [0.2, 0.25) is 5.91 Å². The van der Waals surface area contributed by atoms with Gasteiger partial charge in [-0.2, -0.15) is 0 Å². The summed E-state index contributed by atoms with van der Waals surface area (Å²) in [6.07, 6.45) is 0. The standard InChI is InChI=1S/C14H18N2O3/c1-8(2)13(17)15-10-5-6-11-12(7-10)19-14(18)16(11)9(3)4/h5-9H,1-4H3,(H,15,17). The number of amides is 1. The topological polar surface area (TPSA) is 64.2 Å². The van der Waals surface area contributed by atoms with Gasteiger partial charge in [0.05, 0.1) is 5.52 Å². The summed E-state index contributed by atoms with van der Waals surface area (Å²) in [7, 11) is 0. The maximum atomic E-state index is 11.7. The zero-order valence-corrected chi connectivity index (χ0v) is 11.6. The molecule has 0 bridgehead atoms. The van der Waals surface area contributed by atoms with Gasteiger partial charge in [-0.05, 0) is 26.0 Å². The Labute approximate surface area is 111 Å². The van der Waals surface area contributed by atoms with Crippen molar-refractivity contribution in [3.63, 3.8) is 0 Å². The molecule has 5 heteroatoms. The Morgan fingerprint density at radius 2 is 1.95 bits per heavy atom.